The van der Waals surface area contributed by atoms with E-state index >= 15 is 0 Å². The predicted molar refractivity (Wildman–Crippen MR) is 70.6 cm³/mol. The second-order valence-corrected chi connectivity index (χ2v) is 4.31. The molecule has 4 N–H and O–H groups in total. The van der Waals surface area contributed by atoms with Crippen molar-refractivity contribution in [2.45, 2.75) is 19.8 Å². The van der Waals surface area contributed by atoms with Crippen LogP contribution in [0, 0.1) is 0 Å². The highest BCUT2D eigenvalue weighted by Gasteiger charge is 2.04. The summed E-state index contributed by atoms with van der Waals surface area (Å²) in [6, 6.07) is 0. The number of hydrogen-bond acceptors (Lipinski definition) is 5. The van der Waals surface area contributed by atoms with Crippen molar-refractivity contribution in [2.75, 3.05) is 24.1 Å². The van der Waals surface area contributed by atoms with Crippen LogP contribution in [0.25, 0.3) is 0 Å². The smallest absolute Gasteiger partial charge is 0.221 e. The predicted octanol–water partition coefficient (Wildman–Crippen LogP) is 1.15. The number of nitrogen functional groups attached to an aromatic ring is 1. The van der Waals surface area contributed by atoms with Gasteiger partial charge in [0.05, 0.1) is 4.47 Å². The van der Waals surface area contributed by atoms with E-state index in [1.807, 2.05) is 6.92 Å². The van der Waals surface area contributed by atoms with Crippen LogP contribution in [0.1, 0.15) is 19.8 Å². The summed E-state index contributed by atoms with van der Waals surface area (Å²) in [4.78, 5) is 19.2. The summed E-state index contributed by atoms with van der Waals surface area (Å²) in [6.45, 7) is 3.23. The van der Waals surface area contributed by atoms with Gasteiger partial charge in [-0.15, -0.1) is 0 Å². The fourth-order valence-corrected chi connectivity index (χ4v) is 1.48. The van der Waals surface area contributed by atoms with E-state index in [9.17, 15) is 4.79 Å². The third-order valence-corrected chi connectivity index (χ3v) is 2.56. The molecule has 6 nitrogen and oxygen atoms in total. The van der Waals surface area contributed by atoms with Crippen LogP contribution in [-0.2, 0) is 4.79 Å². The summed E-state index contributed by atoms with van der Waals surface area (Å²) in [5.41, 5.74) is 5.46. The van der Waals surface area contributed by atoms with Crippen LogP contribution in [-0.4, -0.2) is 29.0 Å². The first-order chi connectivity index (χ1) is 8.13. The maximum Gasteiger partial charge on any atom is 0.221 e. The SMILES string of the molecule is CCCNC(=O)CCNc1nc(N)ncc1Br. The first-order valence-corrected chi connectivity index (χ1v) is 6.21. The zero-order valence-corrected chi connectivity index (χ0v) is 11.2. The molecule has 1 aromatic rings. The number of amides is 1. The Kier molecular flexibility index (Phi) is 5.68. The number of nitrogens with zero attached hydrogens (tertiary/aromatic N) is 2. The molecule has 0 aromatic carbocycles. The van der Waals surface area contributed by atoms with Gasteiger partial charge in [-0.05, 0) is 22.4 Å². The topological polar surface area (TPSA) is 92.9 Å². The number of aromatic nitrogens is 2. The average molecular weight is 302 g/mol. The van der Waals surface area contributed by atoms with E-state index in [-0.39, 0.29) is 11.9 Å². The summed E-state index contributed by atoms with van der Waals surface area (Å²) in [6.07, 6.45) is 2.91. The minimum absolute atomic E-state index is 0.0255. The second-order valence-electron chi connectivity index (χ2n) is 3.45. The first-order valence-electron chi connectivity index (χ1n) is 5.42. The minimum atomic E-state index is 0.0255. The number of carbonyl (C=O) groups excluding carboxylic acids is 1. The molecule has 0 saturated heterocycles. The molecule has 1 rings (SSSR count). The fraction of sp³-hybridized carbons (Fsp3) is 0.500. The zero-order chi connectivity index (χ0) is 12.7. The van der Waals surface area contributed by atoms with Crippen LogP contribution in [0.15, 0.2) is 10.7 Å². The van der Waals surface area contributed by atoms with Gasteiger partial charge in [-0.2, -0.15) is 4.98 Å². The summed E-state index contributed by atoms with van der Waals surface area (Å²) in [5.74, 6) is 0.824. The van der Waals surface area contributed by atoms with Gasteiger partial charge in [0.2, 0.25) is 11.9 Å². The van der Waals surface area contributed by atoms with Gasteiger partial charge < -0.3 is 16.4 Å². The lowest BCUT2D eigenvalue weighted by atomic mass is 10.3. The van der Waals surface area contributed by atoms with Gasteiger partial charge in [0.1, 0.15) is 5.82 Å². The lowest BCUT2D eigenvalue weighted by molar-refractivity contribution is -0.120. The van der Waals surface area contributed by atoms with E-state index in [4.69, 9.17) is 5.73 Å². The summed E-state index contributed by atoms with van der Waals surface area (Å²) in [5, 5.41) is 5.82. The van der Waals surface area contributed by atoms with Crippen LogP contribution in [0.5, 0.6) is 0 Å². The quantitative estimate of drug-likeness (QED) is 0.733. The van der Waals surface area contributed by atoms with Crippen molar-refractivity contribution in [2.24, 2.45) is 0 Å². The highest BCUT2D eigenvalue weighted by Crippen LogP contribution is 2.18. The number of carbonyl (C=O) groups is 1. The molecule has 94 valence electrons. The zero-order valence-electron chi connectivity index (χ0n) is 9.66. The molecule has 1 heterocycles. The first kappa shape index (κ1) is 13.7. The van der Waals surface area contributed by atoms with Gasteiger partial charge in [-0.25, -0.2) is 4.98 Å². The van der Waals surface area contributed by atoms with E-state index in [2.05, 4.69) is 36.5 Å². The van der Waals surface area contributed by atoms with Gasteiger partial charge in [0.15, 0.2) is 0 Å². The Labute approximate surface area is 109 Å². The number of halogens is 1. The maximum absolute atomic E-state index is 11.3. The third-order valence-electron chi connectivity index (χ3n) is 1.98. The summed E-state index contributed by atoms with van der Waals surface area (Å²) >= 11 is 3.30. The van der Waals surface area contributed by atoms with Crippen LogP contribution < -0.4 is 16.4 Å². The Hall–Kier alpha value is -1.37. The fourth-order valence-electron chi connectivity index (χ4n) is 1.15. The highest BCUT2D eigenvalue weighted by atomic mass is 79.9. The Balaban J connectivity index is 2.35. The third kappa shape index (κ3) is 4.99. The van der Waals surface area contributed by atoms with Crippen molar-refractivity contribution < 1.29 is 4.79 Å². The van der Waals surface area contributed by atoms with E-state index < -0.39 is 0 Å². The molecule has 0 fully saturated rings. The van der Waals surface area contributed by atoms with Crippen molar-refractivity contribution in [1.82, 2.24) is 15.3 Å². The molecular weight excluding hydrogens is 286 g/mol. The molecule has 0 aliphatic carbocycles. The lowest BCUT2D eigenvalue weighted by Gasteiger charge is -2.07. The molecule has 1 aromatic heterocycles. The number of anilines is 2. The molecule has 0 aliphatic heterocycles. The molecule has 0 spiro atoms. The highest BCUT2D eigenvalue weighted by molar-refractivity contribution is 9.10. The molecule has 17 heavy (non-hydrogen) atoms. The minimum Gasteiger partial charge on any atom is -0.368 e. The van der Waals surface area contributed by atoms with Crippen molar-refractivity contribution >= 4 is 33.6 Å². The van der Waals surface area contributed by atoms with Crippen molar-refractivity contribution in [3.8, 4) is 0 Å². The van der Waals surface area contributed by atoms with Crippen molar-refractivity contribution in [3.63, 3.8) is 0 Å². The number of nitrogens with two attached hydrogens (primary N) is 1. The molecule has 0 atom stereocenters. The average Bonchev–Trinajstić information content (AvgIpc) is 2.31. The molecular formula is C10H16BrN5O. The van der Waals surface area contributed by atoms with Crippen LogP contribution in [0.4, 0.5) is 11.8 Å². The lowest BCUT2D eigenvalue weighted by Crippen LogP contribution is -2.26. The Bertz CT molecular complexity index is 385. The number of hydrogen-bond donors (Lipinski definition) is 3. The maximum atomic E-state index is 11.3. The Morgan fingerprint density at radius 2 is 2.29 bits per heavy atom. The van der Waals surface area contributed by atoms with Crippen LogP contribution in [0.2, 0.25) is 0 Å². The van der Waals surface area contributed by atoms with Gasteiger partial charge >= 0.3 is 0 Å². The van der Waals surface area contributed by atoms with Gasteiger partial charge in [0.25, 0.3) is 0 Å². The molecule has 0 bridgehead atoms. The summed E-state index contributed by atoms with van der Waals surface area (Å²) in [7, 11) is 0. The van der Waals surface area contributed by atoms with Crippen LogP contribution in [0.3, 0.4) is 0 Å². The molecule has 7 heteroatoms. The molecule has 1 amide bonds. The van der Waals surface area contributed by atoms with Gasteiger partial charge in [-0.1, -0.05) is 6.92 Å². The Morgan fingerprint density at radius 3 is 3.00 bits per heavy atom. The second kappa shape index (κ2) is 7.05. The number of rotatable bonds is 6. The van der Waals surface area contributed by atoms with E-state index in [0.717, 1.165) is 10.9 Å². The molecule has 0 saturated carbocycles. The van der Waals surface area contributed by atoms with Crippen molar-refractivity contribution in [3.05, 3.63) is 10.7 Å². The Morgan fingerprint density at radius 1 is 1.53 bits per heavy atom. The van der Waals surface area contributed by atoms with Crippen molar-refractivity contribution in [1.29, 1.82) is 0 Å². The monoisotopic (exact) mass is 301 g/mol. The molecule has 0 unspecified atom stereocenters. The molecule has 0 radical (unpaired) electrons. The van der Waals surface area contributed by atoms with Crippen LogP contribution >= 0.6 is 15.9 Å². The normalized spacial score (nSPS) is 10.0. The number of nitrogens with one attached hydrogen (secondary N) is 2. The summed E-state index contributed by atoms with van der Waals surface area (Å²) < 4.78 is 0.723. The van der Waals surface area contributed by atoms with Gasteiger partial charge in [-0.3, -0.25) is 4.79 Å². The van der Waals surface area contributed by atoms with E-state index in [0.29, 0.717) is 25.3 Å². The van der Waals surface area contributed by atoms with E-state index in [1.165, 1.54) is 0 Å². The standard InChI is InChI=1S/C10H16BrN5O/c1-2-4-13-8(17)3-5-14-9-7(11)6-15-10(12)16-9/h6H,2-5H2,1H3,(H,13,17)(H3,12,14,15,16). The van der Waals surface area contributed by atoms with Gasteiger partial charge in [0, 0.05) is 25.7 Å². The largest absolute Gasteiger partial charge is 0.368 e. The van der Waals surface area contributed by atoms with E-state index in [1.54, 1.807) is 6.20 Å². The molecule has 0 aliphatic rings.